The Hall–Kier alpha value is -1.22. The van der Waals surface area contributed by atoms with Crippen molar-refractivity contribution >= 4 is 24.7 Å². The molecule has 0 spiro atoms. The lowest BCUT2D eigenvalue weighted by molar-refractivity contribution is 0.483. The maximum absolute atomic E-state index is 10.4. The summed E-state index contributed by atoms with van der Waals surface area (Å²) in [5.74, 6) is 0. The molecular weight excluding hydrogens is 255 g/mol. The summed E-state index contributed by atoms with van der Waals surface area (Å²) in [6.45, 7) is 0. The Morgan fingerprint density at radius 2 is 1.24 bits per heavy atom. The van der Waals surface area contributed by atoms with Crippen LogP contribution < -0.4 is 5.30 Å². The van der Waals surface area contributed by atoms with E-state index in [4.69, 9.17) is 4.55 Å². The molecule has 0 radical (unpaired) electrons. The minimum Gasteiger partial charge on any atom is -0.282 e. The second-order valence-corrected chi connectivity index (χ2v) is 5.29. The molecule has 17 heavy (non-hydrogen) atoms. The summed E-state index contributed by atoms with van der Waals surface area (Å²) < 4.78 is 29.2. The standard InChI is InChI=1S/C6H6O3S.C6H7P/c7-10(8,9)6-4-2-1-3-5-6;7-6-4-2-1-3-5-6/h1-5H,(H,7,8,9);1-5H,7H2. The van der Waals surface area contributed by atoms with Crippen molar-refractivity contribution in [1.82, 2.24) is 0 Å². The molecule has 90 valence electrons. The van der Waals surface area contributed by atoms with Crippen LogP contribution in [0.25, 0.3) is 0 Å². The molecule has 0 saturated carbocycles. The van der Waals surface area contributed by atoms with Gasteiger partial charge in [0.05, 0.1) is 4.90 Å². The molecule has 0 heterocycles. The van der Waals surface area contributed by atoms with Gasteiger partial charge >= 0.3 is 0 Å². The van der Waals surface area contributed by atoms with E-state index in [-0.39, 0.29) is 4.90 Å². The summed E-state index contributed by atoms with van der Waals surface area (Å²) >= 11 is 0. The quantitative estimate of drug-likeness (QED) is 0.636. The second kappa shape index (κ2) is 6.50. The molecule has 5 heteroatoms. The molecular formula is C12H13O3PS. The van der Waals surface area contributed by atoms with E-state index in [1.54, 1.807) is 18.2 Å². The maximum Gasteiger partial charge on any atom is 0.294 e. The summed E-state index contributed by atoms with van der Waals surface area (Å²) in [5, 5.41) is 1.24. The van der Waals surface area contributed by atoms with Crippen molar-refractivity contribution in [2.75, 3.05) is 0 Å². The molecule has 2 aromatic carbocycles. The van der Waals surface area contributed by atoms with Gasteiger partial charge in [-0.05, 0) is 17.4 Å². The fraction of sp³-hybridized carbons (Fsp3) is 0. The van der Waals surface area contributed by atoms with Crippen molar-refractivity contribution in [3.05, 3.63) is 60.7 Å². The number of hydrogen-bond donors (Lipinski definition) is 1. The Labute approximate surface area is 103 Å². The van der Waals surface area contributed by atoms with Gasteiger partial charge in [0, 0.05) is 0 Å². The average Bonchev–Trinajstić information content (AvgIpc) is 2.31. The van der Waals surface area contributed by atoms with Crippen molar-refractivity contribution < 1.29 is 13.0 Å². The topological polar surface area (TPSA) is 54.4 Å². The summed E-state index contributed by atoms with van der Waals surface area (Å²) in [7, 11) is -1.37. The molecule has 3 nitrogen and oxygen atoms in total. The lowest BCUT2D eigenvalue weighted by Crippen LogP contribution is -1.96. The molecule has 1 atom stereocenters. The highest BCUT2D eigenvalue weighted by atomic mass is 32.2. The van der Waals surface area contributed by atoms with Gasteiger partial charge in [-0.25, -0.2) is 0 Å². The molecule has 0 aliphatic carbocycles. The monoisotopic (exact) mass is 268 g/mol. The lowest BCUT2D eigenvalue weighted by Gasteiger charge is -1.92. The van der Waals surface area contributed by atoms with E-state index >= 15 is 0 Å². The van der Waals surface area contributed by atoms with Gasteiger partial charge in [-0.2, -0.15) is 8.42 Å². The summed E-state index contributed by atoms with van der Waals surface area (Å²) in [6, 6.07) is 17.6. The Kier molecular flexibility index (Phi) is 5.29. The average molecular weight is 268 g/mol. The first-order valence-corrected chi connectivity index (χ1v) is 6.85. The van der Waals surface area contributed by atoms with Crippen molar-refractivity contribution in [3.63, 3.8) is 0 Å². The highest BCUT2D eigenvalue weighted by Crippen LogP contribution is 2.05. The van der Waals surface area contributed by atoms with Crippen LogP contribution in [-0.4, -0.2) is 13.0 Å². The summed E-state index contributed by atoms with van der Waals surface area (Å²) in [5.41, 5.74) is 0. The third-order valence-electron chi connectivity index (χ3n) is 1.84. The normalized spacial score (nSPS) is 10.2. The van der Waals surface area contributed by atoms with Crippen LogP contribution in [0.15, 0.2) is 65.6 Å². The number of hydrogen-bond acceptors (Lipinski definition) is 2. The van der Waals surface area contributed by atoms with Gasteiger partial charge < -0.3 is 0 Å². The molecule has 0 bridgehead atoms. The van der Waals surface area contributed by atoms with Crippen LogP contribution in [0.5, 0.6) is 0 Å². The van der Waals surface area contributed by atoms with E-state index in [0.717, 1.165) is 0 Å². The summed E-state index contributed by atoms with van der Waals surface area (Å²) in [6.07, 6.45) is 0. The van der Waals surface area contributed by atoms with Gasteiger partial charge in [-0.3, -0.25) is 4.55 Å². The smallest absolute Gasteiger partial charge is 0.282 e. The fourth-order valence-electron chi connectivity index (χ4n) is 1.05. The summed E-state index contributed by atoms with van der Waals surface area (Å²) in [4.78, 5) is -0.0741. The van der Waals surface area contributed by atoms with Crippen LogP contribution >= 0.6 is 9.24 Å². The molecule has 0 aliphatic rings. The van der Waals surface area contributed by atoms with Gasteiger partial charge in [0.15, 0.2) is 0 Å². The van der Waals surface area contributed by atoms with Crippen molar-refractivity contribution in [3.8, 4) is 0 Å². The Morgan fingerprint density at radius 3 is 1.47 bits per heavy atom. The highest BCUT2D eigenvalue weighted by molar-refractivity contribution is 7.85. The first kappa shape index (κ1) is 13.8. The minimum atomic E-state index is -4.00. The van der Waals surface area contributed by atoms with Crippen LogP contribution in [-0.2, 0) is 10.1 Å². The van der Waals surface area contributed by atoms with E-state index < -0.39 is 10.1 Å². The van der Waals surface area contributed by atoms with Crippen molar-refractivity contribution in [2.45, 2.75) is 4.90 Å². The van der Waals surface area contributed by atoms with E-state index in [9.17, 15) is 8.42 Å². The third kappa shape index (κ3) is 5.59. The van der Waals surface area contributed by atoms with Crippen LogP contribution in [0.3, 0.4) is 0 Å². The van der Waals surface area contributed by atoms with E-state index in [1.807, 2.05) is 30.3 Å². The van der Waals surface area contributed by atoms with Crippen molar-refractivity contribution in [1.29, 1.82) is 0 Å². The predicted octanol–water partition coefficient (Wildman–Crippen LogP) is 2.12. The number of benzene rings is 2. The zero-order valence-electron chi connectivity index (χ0n) is 9.02. The number of rotatable bonds is 1. The lowest BCUT2D eigenvalue weighted by atomic mass is 10.4. The van der Waals surface area contributed by atoms with E-state index in [1.165, 1.54) is 17.4 Å². The van der Waals surface area contributed by atoms with Gasteiger partial charge in [-0.1, -0.05) is 48.5 Å². The van der Waals surface area contributed by atoms with E-state index in [2.05, 4.69) is 9.24 Å². The van der Waals surface area contributed by atoms with Crippen LogP contribution in [0, 0.1) is 0 Å². The van der Waals surface area contributed by atoms with Gasteiger partial charge in [-0.15, -0.1) is 9.24 Å². The third-order valence-corrected chi connectivity index (χ3v) is 3.09. The zero-order valence-corrected chi connectivity index (χ0v) is 11.0. The van der Waals surface area contributed by atoms with Gasteiger partial charge in [0.1, 0.15) is 0 Å². The van der Waals surface area contributed by atoms with E-state index in [0.29, 0.717) is 0 Å². The zero-order chi connectivity index (χ0) is 12.7. The first-order valence-electron chi connectivity index (χ1n) is 4.83. The van der Waals surface area contributed by atoms with Gasteiger partial charge in [0.2, 0.25) is 0 Å². The molecule has 0 saturated heterocycles. The highest BCUT2D eigenvalue weighted by Gasteiger charge is 2.05. The Morgan fingerprint density at radius 1 is 0.824 bits per heavy atom. The molecule has 0 amide bonds. The molecule has 2 aromatic rings. The Bertz CT molecular complexity index is 538. The van der Waals surface area contributed by atoms with Crippen LogP contribution in [0.1, 0.15) is 0 Å². The molecule has 0 fully saturated rings. The molecule has 0 aliphatic heterocycles. The molecule has 1 N–H and O–H groups in total. The molecule has 0 aromatic heterocycles. The van der Waals surface area contributed by atoms with Crippen LogP contribution in [0.4, 0.5) is 0 Å². The minimum absolute atomic E-state index is 0.0741. The van der Waals surface area contributed by atoms with Crippen LogP contribution in [0.2, 0.25) is 0 Å². The predicted molar refractivity (Wildman–Crippen MR) is 72.0 cm³/mol. The second-order valence-electron chi connectivity index (χ2n) is 3.20. The fourth-order valence-corrected chi connectivity index (χ4v) is 1.77. The van der Waals surface area contributed by atoms with Crippen molar-refractivity contribution in [2.24, 2.45) is 0 Å². The molecule has 1 unspecified atom stereocenters. The first-order chi connectivity index (χ1) is 8.00. The Balaban J connectivity index is 0.000000181. The van der Waals surface area contributed by atoms with Gasteiger partial charge in [0.25, 0.3) is 10.1 Å². The largest absolute Gasteiger partial charge is 0.294 e. The SMILES string of the molecule is O=S(=O)(O)c1ccccc1.Pc1ccccc1. The maximum atomic E-state index is 10.4. The molecule has 2 rings (SSSR count).